The van der Waals surface area contributed by atoms with Crippen LogP contribution in [0.4, 0.5) is 0 Å². The van der Waals surface area contributed by atoms with Gasteiger partial charge in [0.05, 0.1) is 13.2 Å². The van der Waals surface area contributed by atoms with E-state index in [2.05, 4.69) is 0 Å². The molecule has 6 unspecified atom stereocenters. The van der Waals surface area contributed by atoms with Gasteiger partial charge in [0, 0.05) is 0 Å². The van der Waals surface area contributed by atoms with Crippen LogP contribution < -0.4 is 0 Å². The number of rotatable bonds is 4. The summed E-state index contributed by atoms with van der Waals surface area (Å²) < 4.78 is 15.3. The highest BCUT2D eigenvalue weighted by Crippen LogP contribution is 2.28. The normalized spacial score (nSPS) is 51.7. The topological polar surface area (TPSA) is 190 Å². The highest BCUT2D eigenvalue weighted by molar-refractivity contribution is 4.93. The van der Waals surface area contributed by atoms with Crippen LogP contribution in [0.15, 0.2) is 0 Å². The summed E-state index contributed by atoms with van der Waals surface area (Å²) >= 11 is 0. The summed E-state index contributed by atoms with van der Waals surface area (Å²) in [5, 5.41) is 76.5. The van der Waals surface area contributed by atoms with Gasteiger partial charge >= 0.3 is 0 Å². The Balaban J connectivity index is 2.11. The first-order valence-corrected chi connectivity index (χ1v) is 7.08. The molecule has 8 N–H and O–H groups in total. The van der Waals surface area contributed by atoms with Gasteiger partial charge in [-0.2, -0.15) is 0 Å². The smallest absolute Gasteiger partial charge is 0.187 e. The predicted octanol–water partition coefficient (Wildman–Crippen LogP) is -5.40. The molecule has 0 saturated carbocycles. The largest absolute Gasteiger partial charge is 0.394 e. The van der Waals surface area contributed by atoms with Crippen molar-refractivity contribution in [3.63, 3.8) is 0 Å². The molecule has 10 atom stereocenters. The second-order valence-electron chi connectivity index (χ2n) is 5.53. The third-order valence-corrected chi connectivity index (χ3v) is 3.98. The monoisotopic (exact) mass is 342 g/mol. The van der Waals surface area contributed by atoms with Crippen LogP contribution in [0, 0.1) is 0 Å². The number of aliphatic hydroxyl groups excluding tert-OH is 8. The Morgan fingerprint density at radius 2 is 1.26 bits per heavy atom. The van der Waals surface area contributed by atoms with Crippen LogP contribution in [-0.4, -0.2) is 115 Å². The third-order valence-electron chi connectivity index (χ3n) is 3.98. The Hall–Kier alpha value is -0.440. The summed E-state index contributed by atoms with van der Waals surface area (Å²) in [5.41, 5.74) is 0. The second-order valence-corrected chi connectivity index (χ2v) is 5.53. The van der Waals surface area contributed by atoms with Crippen molar-refractivity contribution < 1.29 is 55.1 Å². The first-order chi connectivity index (χ1) is 10.8. The fourth-order valence-electron chi connectivity index (χ4n) is 2.57. The van der Waals surface area contributed by atoms with Crippen molar-refractivity contribution >= 4 is 0 Å². The average molecular weight is 342 g/mol. The Kier molecular flexibility index (Phi) is 6.27. The number of hydrogen-bond acceptors (Lipinski definition) is 11. The molecule has 0 spiro atoms. The molecule has 23 heavy (non-hydrogen) atoms. The molecule has 2 heterocycles. The molecular weight excluding hydrogens is 320 g/mol. The lowest BCUT2D eigenvalue weighted by molar-refractivity contribution is -0.355. The molecule has 0 amide bonds. The SMILES string of the molecule is OCC1O[C@H](O[C@@H]2C(CO)O[C@H](O)C(O)C2O)C(O)C(O)[C@@H]1O. The minimum atomic E-state index is -1.74. The van der Waals surface area contributed by atoms with E-state index in [-0.39, 0.29) is 0 Å². The lowest BCUT2D eigenvalue weighted by Crippen LogP contribution is -2.64. The highest BCUT2D eigenvalue weighted by Gasteiger charge is 2.50. The molecule has 136 valence electrons. The van der Waals surface area contributed by atoms with Gasteiger partial charge in [0.1, 0.15) is 48.8 Å². The fourth-order valence-corrected chi connectivity index (χ4v) is 2.57. The highest BCUT2D eigenvalue weighted by atomic mass is 16.7. The molecule has 2 rings (SSSR count). The molecule has 0 aromatic carbocycles. The summed E-state index contributed by atoms with van der Waals surface area (Å²) in [6.45, 7) is -1.35. The summed E-state index contributed by atoms with van der Waals surface area (Å²) in [5.74, 6) is 0. The van der Waals surface area contributed by atoms with E-state index in [4.69, 9.17) is 19.3 Å². The summed E-state index contributed by atoms with van der Waals surface area (Å²) in [7, 11) is 0. The van der Waals surface area contributed by atoms with E-state index in [9.17, 15) is 35.7 Å². The molecule has 0 bridgehead atoms. The quantitative estimate of drug-likeness (QED) is 0.243. The average Bonchev–Trinajstić information content (AvgIpc) is 2.55. The minimum absolute atomic E-state index is 0.667. The summed E-state index contributed by atoms with van der Waals surface area (Å²) in [4.78, 5) is 0. The Morgan fingerprint density at radius 1 is 0.652 bits per heavy atom. The van der Waals surface area contributed by atoms with Gasteiger partial charge < -0.3 is 55.1 Å². The van der Waals surface area contributed by atoms with Crippen molar-refractivity contribution in [2.75, 3.05) is 13.2 Å². The number of hydrogen-bond donors (Lipinski definition) is 8. The summed E-state index contributed by atoms with van der Waals surface area (Å²) in [6.07, 6.45) is -15.6. The van der Waals surface area contributed by atoms with Crippen molar-refractivity contribution in [2.24, 2.45) is 0 Å². The first-order valence-electron chi connectivity index (χ1n) is 7.08. The van der Waals surface area contributed by atoms with Crippen LogP contribution in [0.25, 0.3) is 0 Å². The third kappa shape index (κ3) is 3.65. The molecule has 0 aromatic heterocycles. The number of ether oxygens (including phenoxy) is 3. The van der Waals surface area contributed by atoms with Crippen LogP contribution in [0.1, 0.15) is 0 Å². The van der Waals surface area contributed by atoms with E-state index in [1.54, 1.807) is 0 Å². The van der Waals surface area contributed by atoms with Crippen LogP contribution in [-0.2, 0) is 14.2 Å². The maximum absolute atomic E-state index is 9.94. The Morgan fingerprint density at radius 3 is 1.83 bits per heavy atom. The lowest BCUT2D eigenvalue weighted by atomic mass is 9.97. The molecule has 2 aliphatic heterocycles. The Labute approximate surface area is 130 Å². The van der Waals surface area contributed by atoms with E-state index in [0.29, 0.717) is 0 Å². The van der Waals surface area contributed by atoms with E-state index in [1.165, 1.54) is 0 Å². The van der Waals surface area contributed by atoms with E-state index >= 15 is 0 Å². The van der Waals surface area contributed by atoms with Crippen LogP contribution >= 0.6 is 0 Å². The zero-order valence-electron chi connectivity index (χ0n) is 12.0. The van der Waals surface area contributed by atoms with Gasteiger partial charge in [0.15, 0.2) is 12.6 Å². The molecule has 2 fully saturated rings. The maximum atomic E-state index is 9.94. The van der Waals surface area contributed by atoms with Crippen LogP contribution in [0.5, 0.6) is 0 Å². The zero-order valence-corrected chi connectivity index (χ0v) is 12.0. The van der Waals surface area contributed by atoms with Gasteiger partial charge in [-0.15, -0.1) is 0 Å². The standard InChI is InChI=1S/C12H22O11/c13-1-3-5(15)6(16)9(19)12(22-3)23-10-4(2-14)21-11(20)8(18)7(10)17/h3-20H,1-2H2/t3?,4?,5-,6?,7?,8?,9?,10-,11+,12-/m1/s1. The van der Waals surface area contributed by atoms with Crippen molar-refractivity contribution in [1.82, 2.24) is 0 Å². The van der Waals surface area contributed by atoms with Gasteiger partial charge in [-0.1, -0.05) is 0 Å². The Bertz CT molecular complexity index is 378. The van der Waals surface area contributed by atoms with Gasteiger partial charge in [0.25, 0.3) is 0 Å². The molecule has 0 radical (unpaired) electrons. The van der Waals surface area contributed by atoms with E-state index in [0.717, 1.165) is 0 Å². The molecular formula is C12H22O11. The van der Waals surface area contributed by atoms with Crippen molar-refractivity contribution in [3.8, 4) is 0 Å². The van der Waals surface area contributed by atoms with Gasteiger partial charge in [-0.05, 0) is 0 Å². The van der Waals surface area contributed by atoms with Gasteiger partial charge in [-0.25, -0.2) is 0 Å². The zero-order chi connectivity index (χ0) is 17.3. The van der Waals surface area contributed by atoms with Crippen molar-refractivity contribution in [3.05, 3.63) is 0 Å². The molecule has 0 aliphatic carbocycles. The summed E-state index contributed by atoms with van der Waals surface area (Å²) in [6, 6.07) is 0. The van der Waals surface area contributed by atoms with E-state index < -0.39 is 74.6 Å². The van der Waals surface area contributed by atoms with Crippen LogP contribution in [0.2, 0.25) is 0 Å². The van der Waals surface area contributed by atoms with Gasteiger partial charge in [-0.3, -0.25) is 0 Å². The fraction of sp³-hybridized carbons (Fsp3) is 1.00. The van der Waals surface area contributed by atoms with E-state index in [1.807, 2.05) is 0 Å². The molecule has 11 heteroatoms. The lowest BCUT2D eigenvalue weighted by Gasteiger charge is -2.45. The first kappa shape index (κ1) is 18.9. The molecule has 2 aliphatic rings. The minimum Gasteiger partial charge on any atom is -0.394 e. The number of aliphatic hydroxyl groups is 8. The second kappa shape index (κ2) is 7.63. The maximum Gasteiger partial charge on any atom is 0.187 e. The molecule has 2 saturated heterocycles. The van der Waals surface area contributed by atoms with Crippen LogP contribution in [0.3, 0.4) is 0 Å². The van der Waals surface area contributed by atoms with Crippen molar-refractivity contribution in [1.29, 1.82) is 0 Å². The van der Waals surface area contributed by atoms with Gasteiger partial charge in [0.2, 0.25) is 0 Å². The molecule has 11 nitrogen and oxygen atoms in total. The predicted molar refractivity (Wildman–Crippen MR) is 68.6 cm³/mol. The molecule has 0 aromatic rings. The van der Waals surface area contributed by atoms with Crippen molar-refractivity contribution in [2.45, 2.75) is 61.4 Å².